The molecule has 0 aromatic carbocycles. The van der Waals surface area contributed by atoms with E-state index in [1.807, 2.05) is 0 Å². The minimum atomic E-state index is -1.17. The van der Waals surface area contributed by atoms with E-state index in [1.165, 1.54) is 0 Å². The van der Waals surface area contributed by atoms with Gasteiger partial charge in [-0.25, -0.2) is 0 Å². The van der Waals surface area contributed by atoms with E-state index >= 15 is 0 Å². The molecule has 0 aliphatic heterocycles. The zero-order valence-corrected chi connectivity index (χ0v) is 7.52. The summed E-state index contributed by atoms with van der Waals surface area (Å²) in [5.41, 5.74) is 5.00. The van der Waals surface area contributed by atoms with Crippen molar-refractivity contribution >= 4 is 11.9 Å². The number of carboxylic acid groups (broad SMARTS) is 2. The first-order chi connectivity index (χ1) is 4.54. The van der Waals surface area contributed by atoms with E-state index < -0.39 is 18.0 Å². The zero-order valence-electron chi connectivity index (χ0n) is 6.58. The topological polar surface area (TPSA) is 164 Å². The minimum Gasteiger partial charge on any atom is -0.481 e. The fourth-order valence-corrected chi connectivity index (χ4v) is 0.402. The smallest absolute Gasteiger partial charge is 0.320 e. The molecule has 0 aromatic rings. The molecule has 1 atom stereocenters. The third-order valence-corrected chi connectivity index (χ3v) is 0.986. The first kappa shape index (κ1) is 22.8. The molecule has 0 rings (SSSR count). The molecule has 13 heavy (non-hydrogen) atoms. The van der Waals surface area contributed by atoms with Gasteiger partial charge in [0, 0.05) is 23.5 Å². The Labute approximate surface area is 85.0 Å². The molecule has 0 aliphatic carbocycles. The fraction of sp³-hybridized carbons (Fsp3) is 0.600. The molecule has 8 heteroatoms. The number of nitrogens with two attached hydrogens (primary N) is 1. The third-order valence-electron chi connectivity index (χ3n) is 0.986. The summed E-state index contributed by atoms with van der Waals surface area (Å²) in [7, 11) is 0. The average molecular weight is 247 g/mol. The molecular formula is C5H13CuNO6. The van der Waals surface area contributed by atoms with Crippen molar-refractivity contribution in [3.8, 4) is 0 Å². The van der Waals surface area contributed by atoms with Crippen molar-refractivity contribution in [1.29, 1.82) is 0 Å². The van der Waals surface area contributed by atoms with Crippen LogP contribution in [-0.4, -0.2) is 39.1 Å². The normalized spacial score (nSPS) is 9.62. The van der Waals surface area contributed by atoms with E-state index in [2.05, 4.69) is 0 Å². The molecule has 0 heterocycles. The molecule has 0 saturated heterocycles. The number of carboxylic acids is 2. The summed E-state index contributed by atoms with van der Waals surface area (Å²) in [6, 6.07) is -1.06. The summed E-state index contributed by atoms with van der Waals surface area (Å²) in [5.74, 6) is -2.20. The molecule has 1 unspecified atom stereocenters. The Balaban J connectivity index is -0.000000135. The SMILES string of the molecule is NC(CCC(=O)O)C(=O)O.O.O.[Cu]. The standard InChI is InChI=1S/C5H9NO4.Cu.2H2O/c6-3(5(9)10)1-2-4(7)8;;;/h3H,1-2,6H2,(H,7,8)(H,9,10);;2*1H2. The molecule has 0 saturated carbocycles. The minimum absolute atomic E-state index is 0. The second-order valence-corrected chi connectivity index (χ2v) is 1.88. The van der Waals surface area contributed by atoms with Crippen LogP contribution in [0.3, 0.4) is 0 Å². The summed E-state index contributed by atoms with van der Waals surface area (Å²) in [6.45, 7) is 0. The van der Waals surface area contributed by atoms with Gasteiger partial charge in [-0.05, 0) is 6.42 Å². The summed E-state index contributed by atoms with van der Waals surface area (Å²) in [6.07, 6.45) is -0.224. The molecule has 85 valence electrons. The molecule has 7 nitrogen and oxygen atoms in total. The Kier molecular flexibility index (Phi) is 19.9. The van der Waals surface area contributed by atoms with Crippen LogP contribution < -0.4 is 5.73 Å². The van der Waals surface area contributed by atoms with Crippen LogP contribution in [0.1, 0.15) is 12.8 Å². The second-order valence-electron chi connectivity index (χ2n) is 1.88. The fourth-order valence-electron chi connectivity index (χ4n) is 0.402. The van der Waals surface area contributed by atoms with Crippen molar-refractivity contribution < 1.29 is 47.8 Å². The molecule has 0 spiro atoms. The number of hydrogen-bond donors (Lipinski definition) is 3. The van der Waals surface area contributed by atoms with Gasteiger partial charge in [0.15, 0.2) is 0 Å². The largest absolute Gasteiger partial charge is 0.481 e. The van der Waals surface area contributed by atoms with Crippen molar-refractivity contribution in [2.75, 3.05) is 0 Å². The summed E-state index contributed by atoms with van der Waals surface area (Å²) in [4.78, 5) is 19.9. The summed E-state index contributed by atoms with van der Waals surface area (Å²) < 4.78 is 0. The molecule has 8 N–H and O–H groups in total. The van der Waals surface area contributed by atoms with E-state index in [0.29, 0.717) is 0 Å². The van der Waals surface area contributed by atoms with Gasteiger partial charge in [0.05, 0.1) is 0 Å². The van der Waals surface area contributed by atoms with Crippen molar-refractivity contribution in [1.82, 2.24) is 0 Å². The van der Waals surface area contributed by atoms with Gasteiger partial charge < -0.3 is 26.9 Å². The second kappa shape index (κ2) is 11.3. The van der Waals surface area contributed by atoms with Crippen LogP contribution in [0.15, 0.2) is 0 Å². The molecular weight excluding hydrogens is 234 g/mol. The maximum Gasteiger partial charge on any atom is 0.320 e. The predicted octanol–water partition coefficient (Wildman–Crippen LogP) is -2.39. The summed E-state index contributed by atoms with van der Waals surface area (Å²) >= 11 is 0. The maximum atomic E-state index is 9.99. The predicted molar refractivity (Wildman–Crippen MR) is 39.7 cm³/mol. The van der Waals surface area contributed by atoms with E-state index in [0.717, 1.165) is 0 Å². The number of hydrogen-bond acceptors (Lipinski definition) is 3. The van der Waals surface area contributed by atoms with Gasteiger partial charge in [0.1, 0.15) is 6.04 Å². The van der Waals surface area contributed by atoms with Gasteiger partial charge in [-0.2, -0.15) is 0 Å². The van der Waals surface area contributed by atoms with Crippen LogP contribution in [0.25, 0.3) is 0 Å². The number of rotatable bonds is 4. The van der Waals surface area contributed by atoms with E-state index in [9.17, 15) is 9.59 Å². The van der Waals surface area contributed by atoms with Crippen molar-refractivity contribution in [2.45, 2.75) is 18.9 Å². The van der Waals surface area contributed by atoms with Gasteiger partial charge in [0.25, 0.3) is 0 Å². The molecule has 0 aliphatic rings. The van der Waals surface area contributed by atoms with Gasteiger partial charge in [-0.1, -0.05) is 0 Å². The first-order valence-corrected chi connectivity index (χ1v) is 2.74. The first-order valence-electron chi connectivity index (χ1n) is 2.74. The van der Waals surface area contributed by atoms with Crippen LogP contribution in [-0.2, 0) is 26.7 Å². The van der Waals surface area contributed by atoms with Gasteiger partial charge in [-0.15, -0.1) is 0 Å². The van der Waals surface area contributed by atoms with E-state index in [-0.39, 0.29) is 40.9 Å². The molecule has 0 fully saturated rings. The van der Waals surface area contributed by atoms with Gasteiger partial charge in [-0.3, -0.25) is 9.59 Å². The number of carbonyl (C=O) groups is 2. The Morgan fingerprint density at radius 1 is 1.23 bits per heavy atom. The Morgan fingerprint density at radius 2 is 1.62 bits per heavy atom. The molecule has 1 radical (unpaired) electrons. The summed E-state index contributed by atoms with van der Waals surface area (Å²) in [5, 5.41) is 16.3. The maximum absolute atomic E-state index is 9.99. The Morgan fingerprint density at radius 3 is 1.85 bits per heavy atom. The van der Waals surface area contributed by atoms with Crippen LogP contribution in [0, 0.1) is 0 Å². The van der Waals surface area contributed by atoms with Gasteiger partial charge in [0.2, 0.25) is 0 Å². The average Bonchev–Trinajstić information content (AvgIpc) is 1.82. The van der Waals surface area contributed by atoms with Crippen LogP contribution >= 0.6 is 0 Å². The third kappa shape index (κ3) is 14.2. The van der Waals surface area contributed by atoms with Crippen molar-refractivity contribution in [2.24, 2.45) is 5.73 Å². The van der Waals surface area contributed by atoms with Crippen molar-refractivity contribution in [3.05, 3.63) is 0 Å². The molecule has 0 amide bonds. The van der Waals surface area contributed by atoms with E-state index in [4.69, 9.17) is 15.9 Å². The molecule has 0 aromatic heterocycles. The van der Waals surface area contributed by atoms with Gasteiger partial charge >= 0.3 is 11.9 Å². The van der Waals surface area contributed by atoms with Crippen LogP contribution in [0.4, 0.5) is 0 Å². The molecule has 0 bridgehead atoms. The van der Waals surface area contributed by atoms with Crippen LogP contribution in [0.5, 0.6) is 0 Å². The van der Waals surface area contributed by atoms with Crippen LogP contribution in [0.2, 0.25) is 0 Å². The number of aliphatic carboxylic acids is 2. The Bertz CT molecular complexity index is 152. The van der Waals surface area contributed by atoms with E-state index in [1.54, 1.807) is 0 Å². The zero-order chi connectivity index (χ0) is 8.15. The van der Waals surface area contributed by atoms with Crippen molar-refractivity contribution in [3.63, 3.8) is 0 Å². The quantitative estimate of drug-likeness (QED) is 0.470. The Hall–Kier alpha value is -0.661. The monoisotopic (exact) mass is 246 g/mol.